The minimum Gasteiger partial charge on any atom is -0.370 e. The molecule has 106 valence electrons. The third-order valence-corrected chi connectivity index (χ3v) is 3.14. The van der Waals surface area contributed by atoms with E-state index < -0.39 is 0 Å². The van der Waals surface area contributed by atoms with Crippen molar-refractivity contribution in [1.29, 1.82) is 0 Å². The van der Waals surface area contributed by atoms with E-state index in [0.29, 0.717) is 5.92 Å². The molecule has 2 aromatic rings. The van der Waals surface area contributed by atoms with E-state index in [4.69, 9.17) is 4.98 Å². The summed E-state index contributed by atoms with van der Waals surface area (Å²) in [6.07, 6.45) is 0. The highest BCUT2D eigenvalue weighted by atomic mass is 15.0. The molecule has 0 spiro atoms. The van der Waals surface area contributed by atoms with Crippen LogP contribution in [-0.4, -0.2) is 16.5 Å². The minimum atomic E-state index is 0.318. The van der Waals surface area contributed by atoms with E-state index >= 15 is 0 Å². The Morgan fingerprint density at radius 2 is 1.65 bits per heavy atom. The van der Waals surface area contributed by atoms with E-state index in [9.17, 15) is 0 Å². The van der Waals surface area contributed by atoms with Crippen molar-refractivity contribution in [3.8, 4) is 11.3 Å². The second-order valence-corrected chi connectivity index (χ2v) is 5.56. The molecule has 0 fully saturated rings. The highest BCUT2D eigenvalue weighted by Crippen LogP contribution is 2.24. The number of aromatic nitrogens is 2. The molecule has 3 nitrogen and oxygen atoms in total. The lowest BCUT2D eigenvalue weighted by atomic mass is 10.0. The molecule has 0 radical (unpaired) electrons. The fourth-order valence-electron chi connectivity index (χ4n) is 2.27. The van der Waals surface area contributed by atoms with E-state index in [-0.39, 0.29) is 0 Å². The summed E-state index contributed by atoms with van der Waals surface area (Å²) in [6, 6.07) is 8.56. The number of benzene rings is 1. The van der Waals surface area contributed by atoms with Crippen LogP contribution >= 0.6 is 0 Å². The van der Waals surface area contributed by atoms with Gasteiger partial charge in [-0.3, -0.25) is 0 Å². The lowest BCUT2D eigenvalue weighted by Gasteiger charge is -2.12. The molecule has 1 aromatic carbocycles. The lowest BCUT2D eigenvalue weighted by Crippen LogP contribution is -2.06. The molecule has 0 aliphatic carbocycles. The molecule has 0 atom stereocenters. The number of rotatable bonds is 4. The van der Waals surface area contributed by atoms with Gasteiger partial charge in [0.15, 0.2) is 0 Å². The van der Waals surface area contributed by atoms with Gasteiger partial charge in [0.2, 0.25) is 0 Å². The molecule has 0 aliphatic heterocycles. The predicted octanol–water partition coefficient (Wildman–Crippen LogP) is 4.32. The van der Waals surface area contributed by atoms with Crippen LogP contribution in [0.25, 0.3) is 11.3 Å². The maximum Gasteiger partial charge on any atom is 0.133 e. The monoisotopic (exact) mass is 269 g/mol. The number of anilines is 1. The van der Waals surface area contributed by atoms with Crippen molar-refractivity contribution in [2.24, 2.45) is 0 Å². The van der Waals surface area contributed by atoms with Crippen molar-refractivity contribution in [3.63, 3.8) is 0 Å². The van der Waals surface area contributed by atoms with Gasteiger partial charge >= 0.3 is 0 Å². The van der Waals surface area contributed by atoms with Gasteiger partial charge in [-0.15, -0.1) is 0 Å². The number of nitrogens with zero attached hydrogens (tertiary/aromatic N) is 2. The fraction of sp³-hybridized carbons (Fsp3) is 0.412. The molecule has 0 bridgehead atoms. The van der Waals surface area contributed by atoms with Gasteiger partial charge in [-0.25, -0.2) is 9.97 Å². The number of aryl methyl sites for hydroxylation is 2. The molecule has 3 heteroatoms. The van der Waals surface area contributed by atoms with Crippen LogP contribution in [0.2, 0.25) is 0 Å². The van der Waals surface area contributed by atoms with E-state index in [1.54, 1.807) is 0 Å². The van der Waals surface area contributed by atoms with Gasteiger partial charge < -0.3 is 5.32 Å². The standard InChI is InChI=1S/C17H23N3/c1-6-18-16-10-15(19-17(20-16)11(2)3)14-8-12(4)7-13(5)9-14/h7-11H,6H2,1-5H3,(H,18,19,20). The summed E-state index contributed by atoms with van der Waals surface area (Å²) in [5, 5.41) is 3.29. The van der Waals surface area contributed by atoms with Gasteiger partial charge in [-0.2, -0.15) is 0 Å². The van der Waals surface area contributed by atoms with Crippen molar-refractivity contribution in [2.75, 3.05) is 11.9 Å². The fourth-order valence-corrected chi connectivity index (χ4v) is 2.27. The SMILES string of the molecule is CCNc1cc(-c2cc(C)cc(C)c2)nc(C(C)C)n1. The van der Waals surface area contributed by atoms with E-state index in [2.05, 4.69) is 63.1 Å². The first-order valence-electron chi connectivity index (χ1n) is 7.21. The maximum atomic E-state index is 4.72. The molecule has 1 N–H and O–H groups in total. The molecular weight excluding hydrogens is 246 g/mol. The van der Waals surface area contributed by atoms with Crippen LogP contribution in [0.4, 0.5) is 5.82 Å². The zero-order valence-corrected chi connectivity index (χ0v) is 13.0. The maximum absolute atomic E-state index is 4.72. The minimum absolute atomic E-state index is 0.318. The summed E-state index contributed by atoms with van der Waals surface area (Å²) < 4.78 is 0. The second kappa shape index (κ2) is 6.04. The Morgan fingerprint density at radius 1 is 1.00 bits per heavy atom. The molecule has 0 aliphatic rings. The summed E-state index contributed by atoms with van der Waals surface area (Å²) in [5.41, 5.74) is 4.67. The molecule has 2 rings (SSSR count). The van der Waals surface area contributed by atoms with Crippen molar-refractivity contribution >= 4 is 5.82 Å². The first kappa shape index (κ1) is 14.5. The van der Waals surface area contributed by atoms with Gasteiger partial charge in [0, 0.05) is 24.1 Å². The van der Waals surface area contributed by atoms with Crippen LogP contribution < -0.4 is 5.32 Å². The Bertz CT molecular complexity index is 583. The first-order valence-corrected chi connectivity index (χ1v) is 7.21. The molecule has 1 heterocycles. The van der Waals surface area contributed by atoms with Crippen LogP contribution in [-0.2, 0) is 0 Å². The number of hydrogen-bond donors (Lipinski definition) is 1. The second-order valence-electron chi connectivity index (χ2n) is 5.56. The molecule has 0 amide bonds. The topological polar surface area (TPSA) is 37.8 Å². The third-order valence-electron chi connectivity index (χ3n) is 3.14. The highest BCUT2D eigenvalue weighted by molar-refractivity contribution is 5.64. The van der Waals surface area contributed by atoms with Gasteiger partial charge in [0.25, 0.3) is 0 Å². The summed E-state index contributed by atoms with van der Waals surface area (Å²) in [7, 11) is 0. The number of nitrogens with one attached hydrogen (secondary N) is 1. The lowest BCUT2D eigenvalue weighted by molar-refractivity contribution is 0.776. The average molecular weight is 269 g/mol. The molecule has 0 unspecified atom stereocenters. The van der Waals surface area contributed by atoms with Crippen molar-refractivity contribution in [1.82, 2.24) is 9.97 Å². The van der Waals surface area contributed by atoms with Gasteiger partial charge in [0.1, 0.15) is 11.6 Å². The van der Waals surface area contributed by atoms with Crippen molar-refractivity contribution in [2.45, 2.75) is 40.5 Å². The zero-order valence-electron chi connectivity index (χ0n) is 13.0. The van der Waals surface area contributed by atoms with Gasteiger partial charge in [-0.05, 0) is 32.9 Å². The average Bonchev–Trinajstić information content (AvgIpc) is 2.37. The summed E-state index contributed by atoms with van der Waals surface area (Å²) >= 11 is 0. The highest BCUT2D eigenvalue weighted by Gasteiger charge is 2.10. The van der Waals surface area contributed by atoms with Crippen LogP contribution in [0.5, 0.6) is 0 Å². The zero-order chi connectivity index (χ0) is 14.7. The Labute approximate surface area is 121 Å². The molecule has 20 heavy (non-hydrogen) atoms. The molecular formula is C17H23N3. The molecule has 0 saturated heterocycles. The first-order chi connectivity index (χ1) is 9.49. The Balaban J connectivity index is 2.54. The smallest absolute Gasteiger partial charge is 0.133 e. The summed E-state index contributed by atoms with van der Waals surface area (Å²) in [4.78, 5) is 9.29. The summed E-state index contributed by atoms with van der Waals surface area (Å²) in [5.74, 6) is 2.11. The third kappa shape index (κ3) is 3.35. The predicted molar refractivity (Wildman–Crippen MR) is 85.2 cm³/mol. The summed E-state index contributed by atoms with van der Waals surface area (Å²) in [6.45, 7) is 11.4. The van der Waals surface area contributed by atoms with Crippen molar-refractivity contribution in [3.05, 3.63) is 41.2 Å². The largest absolute Gasteiger partial charge is 0.370 e. The molecule has 1 aromatic heterocycles. The Hall–Kier alpha value is -1.90. The van der Waals surface area contributed by atoms with Gasteiger partial charge in [-0.1, -0.05) is 31.0 Å². The van der Waals surface area contributed by atoms with E-state index in [0.717, 1.165) is 29.4 Å². The van der Waals surface area contributed by atoms with Crippen LogP contribution in [0, 0.1) is 13.8 Å². The Morgan fingerprint density at radius 3 is 2.20 bits per heavy atom. The van der Waals surface area contributed by atoms with Crippen molar-refractivity contribution < 1.29 is 0 Å². The van der Waals surface area contributed by atoms with Crippen LogP contribution in [0.15, 0.2) is 24.3 Å². The number of hydrogen-bond acceptors (Lipinski definition) is 3. The normalized spacial score (nSPS) is 10.9. The van der Waals surface area contributed by atoms with Crippen LogP contribution in [0.1, 0.15) is 43.6 Å². The van der Waals surface area contributed by atoms with E-state index in [1.807, 2.05) is 6.07 Å². The quantitative estimate of drug-likeness (QED) is 0.898. The Kier molecular flexibility index (Phi) is 4.38. The molecule has 0 saturated carbocycles. The van der Waals surface area contributed by atoms with E-state index in [1.165, 1.54) is 11.1 Å². The van der Waals surface area contributed by atoms with Gasteiger partial charge in [0.05, 0.1) is 5.69 Å². The van der Waals surface area contributed by atoms with Crippen LogP contribution in [0.3, 0.4) is 0 Å².